The SMILES string of the molecule is CC1(C)CCC(C)(C)c2cc(-c3cc4c(cc3N(c3ccc(-c5ccccc5)cc3)c3ccc5ccccc5c3)C(C)(C)c3ccccc3-4)ccc21. The van der Waals surface area contributed by atoms with Crippen molar-refractivity contribution in [3.05, 3.63) is 174 Å². The van der Waals surface area contributed by atoms with Crippen molar-refractivity contribution in [2.45, 2.75) is 70.6 Å². The van der Waals surface area contributed by atoms with Crippen LogP contribution in [0.25, 0.3) is 44.2 Å². The first kappa shape index (κ1) is 32.5. The third kappa shape index (κ3) is 5.21. The van der Waals surface area contributed by atoms with Crippen LogP contribution in [0.3, 0.4) is 0 Å². The van der Waals surface area contributed by atoms with Gasteiger partial charge in [0, 0.05) is 22.4 Å². The number of nitrogens with zero attached hydrogens (tertiary/aromatic N) is 1. The molecule has 256 valence electrons. The molecule has 0 heterocycles. The Kier molecular flexibility index (Phi) is 7.39. The third-order valence-corrected chi connectivity index (χ3v) is 12.3. The average molecular weight is 674 g/mol. The molecular weight excluding hydrogens is 627 g/mol. The lowest BCUT2D eigenvalue weighted by molar-refractivity contribution is 0.332. The van der Waals surface area contributed by atoms with Gasteiger partial charge in [0.1, 0.15) is 0 Å². The fraction of sp³-hybridized carbons (Fsp3) is 0.216. The summed E-state index contributed by atoms with van der Waals surface area (Å²) in [5.74, 6) is 0. The quantitative estimate of drug-likeness (QED) is 0.176. The van der Waals surface area contributed by atoms with Crippen LogP contribution in [0.4, 0.5) is 17.1 Å². The van der Waals surface area contributed by atoms with Gasteiger partial charge < -0.3 is 4.90 Å². The van der Waals surface area contributed by atoms with Crippen LogP contribution in [0.2, 0.25) is 0 Å². The van der Waals surface area contributed by atoms with Crippen LogP contribution in [-0.4, -0.2) is 0 Å². The number of fused-ring (bicyclic) bond motifs is 5. The molecule has 0 amide bonds. The van der Waals surface area contributed by atoms with E-state index < -0.39 is 0 Å². The fourth-order valence-electron chi connectivity index (χ4n) is 9.09. The lowest BCUT2D eigenvalue weighted by Crippen LogP contribution is -2.33. The van der Waals surface area contributed by atoms with Crippen molar-refractivity contribution in [1.29, 1.82) is 0 Å². The lowest BCUT2D eigenvalue weighted by Gasteiger charge is -2.42. The molecule has 2 aliphatic rings. The highest BCUT2D eigenvalue weighted by atomic mass is 15.1. The van der Waals surface area contributed by atoms with Gasteiger partial charge in [0.25, 0.3) is 0 Å². The van der Waals surface area contributed by atoms with Crippen molar-refractivity contribution in [1.82, 2.24) is 0 Å². The zero-order valence-electron chi connectivity index (χ0n) is 31.3. The predicted octanol–water partition coefficient (Wildman–Crippen LogP) is 14.3. The zero-order valence-corrected chi connectivity index (χ0v) is 31.3. The molecule has 0 N–H and O–H groups in total. The molecule has 0 atom stereocenters. The topological polar surface area (TPSA) is 3.24 Å². The van der Waals surface area contributed by atoms with Crippen LogP contribution >= 0.6 is 0 Å². The molecule has 0 aliphatic heterocycles. The van der Waals surface area contributed by atoms with Crippen molar-refractivity contribution in [2.24, 2.45) is 0 Å². The van der Waals surface area contributed by atoms with Gasteiger partial charge in [-0.1, -0.05) is 157 Å². The maximum atomic E-state index is 2.53. The van der Waals surface area contributed by atoms with E-state index in [2.05, 4.69) is 198 Å². The number of rotatable bonds is 5. The van der Waals surface area contributed by atoms with E-state index in [1.54, 1.807) is 0 Å². The van der Waals surface area contributed by atoms with Gasteiger partial charge in [0.2, 0.25) is 0 Å². The van der Waals surface area contributed by atoms with Gasteiger partial charge in [-0.2, -0.15) is 0 Å². The lowest BCUT2D eigenvalue weighted by atomic mass is 9.63. The Hall–Kier alpha value is -5.40. The number of anilines is 3. The second kappa shape index (κ2) is 11.8. The van der Waals surface area contributed by atoms with Gasteiger partial charge in [0.15, 0.2) is 0 Å². The normalized spacial score (nSPS) is 16.2. The van der Waals surface area contributed by atoms with Crippen LogP contribution in [0, 0.1) is 0 Å². The van der Waals surface area contributed by atoms with Crippen LogP contribution in [0.5, 0.6) is 0 Å². The van der Waals surface area contributed by atoms with Gasteiger partial charge in [-0.15, -0.1) is 0 Å². The van der Waals surface area contributed by atoms with Gasteiger partial charge in [-0.3, -0.25) is 0 Å². The van der Waals surface area contributed by atoms with Gasteiger partial charge in [-0.05, 0) is 121 Å². The highest BCUT2D eigenvalue weighted by molar-refractivity contribution is 5.97. The van der Waals surface area contributed by atoms with Crippen LogP contribution in [0.1, 0.15) is 76.6 Å². The van der Waals surface area contributed by atoms with Crippen molar-refractivity contribution in [2.75, 3.05) is 4.90 Å². The number of hydrogen-bond acceptors (Lipinski definition) is 1. The first-order chi connectivity index (χ1) is 25.0. The predicted molar refractivity (Wildman–Crippen MR) is 222 cm³/mol. The zero-order chi connectivity index (χ0) is 35.8. The van der Waals surface area contributed by atoms with Crippen LogP contribution in [-0.2, 0) is 16.2 Å². The molecule has 9 rings (SSSR count). The molecule has 0 radical (unpaired) electrons. The van der Waals surface area contributed by atoms with E-state index >= 15 is 0 Å². The summed E-state index contributed by atoms with van der Waals surface area (Å²) in [6, 6.07) is 56.9. The first-order valence-corrected chi connectivity index (χ1v) is 18.9. The molecule has 2 aliphatic carbocycles. The Morgan fingerprint density at radius 3 is 1.77 bits per heavy atom. The molecule has 52 heavy (non-hydrogen) atoms. The summed E-state index contributed by atoms with van der Waals surface area (Å²) in [5.41, 5.74) is 17.0. The summed E-state index contributed by atoms with van der Waals surface area (Å²) in [6.45, 7) is 14.5. The first-order valence-electron chi connectivity index (χ1n) is 18.9. The average Bonchev–Trinajstić information content (AvgIpc) is 3.39. The molecule has 0 bridgehead atoms. The molecule has 0 aromatic heterocycles. The highest BCUT2D eigenvalue weighted by Gasteiger charge is 2.39. The monoisotopic (exact) mass is 673 g/mol. The summed E-state index contributed by atoms with van der Waals surface area (Å²) >= 11 is 0. The molecule has 7 aromatic rings. The molecule has 7 aromatic carbocycles. The van der Waals surface area contributed by atoms with Crippen LogP contribution < -0.4 is 4.90 Å². The Morgan fingerprint density at radius 1 is 0.385 bits per heavy atom. The maximum absolute atomic E-state index is 2.53. The molecule has 1 heteroatoms. The Balaban J connectivity index is 1.33. The minimum absolute atomic E-state index is 0.109. The smallest absolute Gasteiger partial charge is 0.0543 e. The van der Waals surface area contributed by atoms with Crippen molar-refractivity contribution >= 4 is 27.8 Å². The van der Waals surface area contributed by atoms with Crippen LogP contribution in [0.15, 0.2) is 152 Å². The maximum Gasteiger partial charge on any atom is 0.0543 e. The largest absolute Gasteiger partial charge is 0.310 e. The fourth-order valence-corrected chi connectivity index (χ4v) is 9.09. The molecule has 0 unspecified atom stereocenters. The summed E-state index contributed by atoms with van der Waals surface area (Å²) in [6.07, 6.45) is 2.39. The van der Waals surface area contributed by atoms with Crippen molar-refractivity contribution in [3.63, 3.8) is 0 Å². The minimum Gasteiger partial charge on any atom is -0.310 e. The van der Waals surface area contributed by atoms with E-state index in [1.807, 2.05) is 0 Å². The van der Waals surface area contributed by atoms with E-state index in [4.69, 9.17) is 0 Å². The standard InChI is InChI=1S/C51H47N/c1-49(2)28-29-50(3,4)47-31-38(23-27-45(47)49)42-32-43-41-18-12-13-19-44(41)51(5,6)46(43)33-48(42)52(40-26-22-35-16-10-11-17-37(35)30-40)39-24-20-36(21-25-39)34-14-8-7-9-15-34/h7-27,30-33H,28-29H2,1-6H3. The molecule has 1 nitrogen and oxygen atoms in total. The summed E-state index contributed by atoms with van der Waals surface area (Å²) in [7, 11) is 0. The molecule has 0 spiro atoms. The Labute approximate surface area is 309 Å². The Morgan fingerprint density at radius 2 is 1.00 bits per heavy atom. The summed E-state index contributed by atoms with van der Waals surface area (Å²) in [4.78, 5) is 2.50. The second-order valence-electron chi connectivity index (χ2n) is 16.9. The van der Waals surface area contributed by atoms with E-state index in [0.29, 0.717) is 0 Å². The summed E-state index contributed by atoms with van der Waals surface area (Å²) < 4.78 is 0. The van der Waals surface area contributed by atoms with E-state index in [-0.39, 0.29) is 16.2 Å². The minimum atomic E-state index is -0.132. The third-order valence-electron chi connectivity index (χ3n) is 12.3. The van der Waals surface area contributed by atoms with E-state index in [9.17, 15) is 0 Å². The molecule has 0 saturated carbocycles. The number of benzene rings is 7. The van der Waals surface area contributed by atoms with E-state index in [0.717, 1.165) is 11.4 Å². The van der Waals surface area contributed by atoms with Gasteiger partial charge in [0.05, 0.1) is 5.69 Å². The summed E-state index contributed by atoms with van der Waals surface area (Å²) in [5, 5.41) is 2.48. The van der Waals surface area contributed by atoms with Gasteiger partial charge >= 0.3 is 0 Å². The van der Waals surface area contributed by atoms with Crippen molar-refractivity contribution < 1.29 is 0 Å². The number of hydrogen-bond donors (Lipinski definition) is 0. The molecule has 0 fully saturated rings. The highest BCUT2D eigenvalue weighted by Crippen LogP contribution is 2.54. The second-order valence-corrected chi connectivity index (χ2v) is 16.9. The Bertz CT molecular complexity index is 2480. The van der Waals surface area contributed by atoms with E-state index in [1.165, 1.54) is 84.9 Å². The van der Waals surface area contributed by atoms with Gasteiger partial charge in [-0.25, -0.2) is 0 Å². The van der Waals surface area contributed by atoms with Crippen molar-refractivity contribution in [3.8, 4) is 33.4 Å². The molecular formula is C51H47N. The molecule has 0 saturated heterocycles.